The van der Waals surface area contributed by atoms with E-state index in [4.69, 9.17) is 4.74 Å². The third-order valence-electron chi connectivity index (χ3n) is 2.89. The van der Waals surface area contributed by atoms with Crippen LogP contribution in [-0.2, 0) is 4.74 Å². The SMILES string of the molecule is CNc1nc(N(C)CC(F)(F)F)nc(N2CCOCC2)n1. The van der Waals surface area contributed by atoms with Gasteiger partial charge in [-0.15, -0.1) is 0 Å². The monoisotopic (exact) mass is 306 g/mol. The molecule has 1 aliphatic heterocycles. The largest absolute Gasteiger partial charge is 0.406 e. The molecular formula is C11H17F3N6O. The number of anilines is 3. The van der Waals surface area contributed by atoms with Gasteiger partial charge in [0, 0.05) is 27.2 Å². The maximum absolute atomic E-state index is 12.5. The molecule has 0 atom stereocenters. The molecule has 1 fully saturated rings. The summed E-state index contributed by atoms with van der Waals surface area (Å²) in [6, 6.07) is 0. The van der Waals surface area contributed by atoms with Crippen LogP contribution in [0.3, 0.4) is 0 Å². The predicted molar refractivity (Wildman–Crippen MR) is 71.7 cm³/mol. The number of ether oxygens (including phenoxy) is 1. The van der Waals surface area contributed by atoms with E-state index in [1.165, 1.54) is 7.05 Å². The van der Waals surface area contributed by atoms with Crippen LogP contribution in [-0.4, -0.2) is 68.1 Å². The molecule has 0 saturated carbocycles. The van der Waals surface area contributed by atoms with Gasteiger partial charge in [0.25, 0.3) is 0 Å². The van der Waals surface area contributed by atoms with E-state index in [1.54, 1.807) is 7.05 Å². The minimum atomic E-state index is -4.32. The molecule has 0 bridgehead atoms. The van der Waals surface area contributed by atoms with Gasteiger partial charge in [-0.1, -0.05) is 0 Å². The molecule has 118 valence electrons. The van der Waals surface area contributed by atoms with E-state index in [9.17, 15) is 13.2 Å². The second-order valence-corrected chi connectivity index (χ2v) is 4.58. The molecule has 21 heavy (non-hydrogen) atoms. The molecule has 2 rings (SSSR count). The predicted octanol–water partition coefficient (Wildman–Crippen LogP) is 0.748. The highest BCUT2D eigenvalue weighted by Crippen LogP contribution is 2.21. The summed E-state index contributed by atoms with van der Waals surface area (Å²) in [7, 11) is 2.90. The zero-order chi connectivity index (χ0) is 15.5. The minimum absolute atomic E-state index is 0.0202. The van der Waals surface area contributed by atoms with Crippen molar-refractivity contribution in [2.75, 3.05) is 62.1 Å². The minimum Gasteiger partial charge on any atom is -0.378 e. The van der Waals surface area contributed by atoms with E-state index in [-0.39, 0.29) is 11.9 Å². The van der Waals surface area contributed by atoms with Crippen LogP contribution in [0.5, 0.6) is 0 Å². The average Bonchev–Trinajstić information content (AvgIpc) is 2.46. The summed E-state index contributed by atoms with van der Waals surface area (Å²) in [6.07, 6.45) is -4.32. The Morgan fingerprint density at radius 2 is 1.90 bits per heavy atom. The third kappa shape index (κ3) is 4.31. The van der Waals surface area contributed by atoms with Gasteiger partial charge in [0.05, 0.1) is 13.2 Å². The second-order valence-electron chi connectivity index (χ2n) is 4.58. The topological polar surface area (TPSA) is 66.4 Å². The lowest BCUT2D eigenvalue weighted by molar-refractivity contribution is -0.119. The van der Waals surface area contributed by atoms with Crippen LogP contribution >= 0.6 is 0 Å². The Balaban J connectivity index is 2.24. The van der Waals surface area contributed by atoms with Crippen molar-refractivity contribution in [1.29, 1.82) is 0 Å². The van der Waals surface area contributed by atoms with Gasteiger partial charge in [-0.05, 0) is 0 Å². The molecule has 1 aromatic rings. The van der Waals surface area contributed by atoms with Crippen LogP contribution in [0.15, 0.2) is 0 Å². The number of halogens is 3. The third-order valence-corrected chi connectivity index (χ3v) is 2.89. The van der Waals surface area contributed by atoms with E-state index < -0.39 is 12.7 Å². The molecule has 7 nitrogen and oxygen atoms in total. The number of hydrogen-bond acceptors (Lipinski definition) is 7. The molecule has 1 aromatic heterocycles. The van der Waals surface area contributed by atoms with Gasteiger partial charge < -0.3 is 19.9 Å². The summed E-state index contributed by atoms with van der Waals surface area (Å²) in [5.74, 6) is 0.561. The van der Waals surface area contributed by atoms with Crippen molar-refractivity contribution in [3.63, 3.8) is 0 Å². The summed E-state index contributed by atoms with van der Waals surface area (Å²) in [5, 5.41) is 2.74. The summed E-state index contributed by atoms with van der Waals surface area (Å²) in [5.41, 5.74) is 0. The molecule has 0 spiro atoms. The van der Waals surface area contributed by atoms with Crippen molar-refractivity contribution < 1.29 is 17.9 Å². The molecule has 0 aromatic carbocycles. The van der Waals surface area contributed by atoms with Crippen LogP contribution < -0.4 is 15.1 Å². The zero-order valence-electron chi connectivity index (χ0n) is 11.8. The van der Waals surface area contributed by atoms with Crippen molar-refractivity contribution in [3.05, 3.63) is 0 Å². The molecule has 1 aliphatic rings. The standard InChI is InChI=1S/C11H17F3N6O/c1-15-8-16-9(19(2)7-11(12,13)14)18-10(17-8)20-3-5-21-6-4-20/h3-7H2,1-2H3,(H,15,16,17,18). The summed E-state index contributed by atoms with van der Waals surface area (Å²) < 4.78 is 42.7. The molecule has 0 aliphatic carbocycles. The first-order valence-corrected chi connectivity index (χ1v) is 6.43. The van der Waals surface area contributed by atoms with Crippen molar-refractivity contribution in [2.24, 2.45) is 0 Å². The zero-order valence-corrected chi connectivity index (χ0v) is 11.8. The maximum atomic E-state index is 12.5. The molecule has 0 unspecified atom stereocenters. The molecule has 0 amide bonds. The molecule has 0 radical (unpaired) electrons. The summed E-state index contributed by atoms with van der Waals surface area (Å²) in [4.78, 5) is 15.1. The number of alkyl halides is 3. The van der Waals surface area contributed by atoms with Crippen molar-refractivity contribution in [3.8, 4) is 0 Å². The Hall–Kier alpha value is -1.84. The summed E-state index contributed by atoms with van der Waals surface area (Å²) in [6.45, 7) is 1.14. The Kier molecular flexibility index (Phi) is 4.66. The molecule has 2 heterocycles. The normalized spacial score (nSPS) is 16.0. The van der Waals surface area contributed by atoms with Gasteiger partial charge in [-0.25, -0.2) is 0 Å². The van der Waals surface area contributed by atoms with Gasteiger partial charge in [0.2, 0.25) is 17.8 Å². The number of hydrogen-bond donors (Lipinski definition) is 1. The number of morpholine rings is 1. The first kappa shape index (κ1) is 15.5. The van der Waals surface area contributed by atoms with Crippen LogP contribution in [0, 0.1) is 0 Å². The number of nitrogens with zero attached hydrogens (tertiary/aromatic N) is 5. The molecular weight excluding hydrogens is 289 g/mol. The fraction of sp³-hybridized carbons (Fsp3) is 0.727. The Bertz CT molecular complexity index is 478. The fourth-order valence-corrected chi connectivity index (χ4v) is 1.88. The molecule has 10 heteroatoms. The number of nitrogens with one attached hydrogen (secondary N) is 1. The lowest BCUT2D eigenvalue weighted by atomic mass is 10.4. The first-order valence-electron chi connectivity index (χ1n) is 6.43. The average molecular weight is 306 g/mol. The van der Waals surface area contributed by atoms with Gasteiger partial charge >= 0.3 is 6.18 Å². The Labute approximate surface area is 120 Å². The molecule has 1 saturated heterocycles. The van der Waals surface area contributed by atoms with Crippen LogP contribution in [0.2, 0.25) is 0 Å². The highest BCUT2D eigenvalue weighted by molar-refractivity contribution is 5.45. The smallest absolute Gasteiger partial charge is 0.378 e. The van der Waals surface area contributed by atoms with Gasteiger partial charge in [-0.3, -0.25) is 0 Å². The fourth-order valence-electron chi connectivity index (χ4n) is 1.88. The van der Waals surface area contributed by atoms with Crippen molar-refractivity contribution in [1.82, 2.24) is 15.0 Å². The summed E-state index contributed by atoms with van der Waals surface area (Å²) >= 11 is 0. The van der Waals surface area contributed by atoms with E-state index in [0.717, 1.165) is 4.90 Å². The van der Waals surface area contributed by atoms with Gasteiger partial charge in [0.15, 0.2) is 0 Å². The number of rotatable bonds is 4. The quantitative estimate of drug-likeness (QED) is 0.880. The maximum Gasteiger partial charge on any atom is 0.406 e. The van der Waals surface area contributed by atoms with E-state index in [2.05, 4.69) is 20.3 Å². The number of aromatic nitrogens is 3. The second kappa shape index (κ2) is 6.29. The van der Waals surface area contributed by atoms with E-state index in [1.807, 2.05) is 4.90 Å². The lowest BCUT2D eigenvalue weighted by Crippen LogP contribution is -2.38. The van der Waals surface area contributed by atoms with Crippen LogP contribution in [0.25, 0.3) is 0 Å². The van der Waals surface area contributed by atoms with E-state index >= 15 is 0 Å². The highest BCUT2D eigenvalue weighted by atomic mass is 19.4. The Morgan fingerprint density at radius 1 is 1.24 bits per heavy atom. The highest BCUT2D eigenvalue weighted by Gasteiger charge is 2.31. The van der Waals surface area contributed by atoms with Crippen LogP contribution in [0.4, 0.5) is 31.0 Å². The van der Waals surface area contributed by atoms with Crippen LogP contribution in [0.1, 0.15) is 0 Å². The first-order chi connectivity index (χ1) is 9.89. The lowest BCUT2D eigenvalue weighted by Gasteiger charge is -2.28. The Morgan fingerprint density at radius 3 is 2.48 bits per heavy atom. The van der Waals surface area contributed by atoms with Gasteiger partial charge in [0.1, 0.15) is 6.54 Å². The van der Waals surface area contributed by atoms with Crippen molar-refractivity contribution in [2.45, 2.75) is 6.18 Å². The van der Waals surface area contributed by atoms with Gasteiger partial charge in [-0.2, -0.15) is 28.1 Å². The van der Waals surface area contributed by atoms with E-state index in [0.29, 0.717) is 32.3 Å². The molecule has 1 N–H and O–H groups in total. The van der Waals surface area contributed by atoms with Crippen molar-refractivity contribution >= 4 is 17.8 Å².